The highest BCUT2D eigenvalue weighted by atomic mass is 32.1. The van der Waals surface area contributed by atoms with Crippen LogP contribution in [0.1, 0.15) is 29.9 Å². The van der Waals surface area contributed by atoms with Gasteiger partial charge < -0.3 is 15.4 Å². The van der Waals surface area contributed by atoms with E-state index in [1.165, 1.54) is 11.3 Å². The van der Waals surface area contributed by atoms with Crippen molar-refractivity contribution in [1.82, 2.24) is 10.3 Å². The molecule has 0 unspecified atom stereocenters. The molecule has 2 N–H and O–H groups in total. The van der Waals surface area contributed by atoms with E-state index in [1.807, 2.05) is 55.6 Å². The first kappa shape index (κ1) is 20.5. The van der Waals surface area contributed by atoms with Gasteiger partial charge in [-0.15, -0.1) is 11.3 Å². The second-order valence-corrected chi connectivity index (χ2v) is 7.66. The summed E-state index contributed by atoms with van der Waals surface area (Å²) in [6.45, 7) is 3.78. The molecule has 3 rings (SSSR count). The van der Waals surface area contributed by atoms with Crippen LogP contribution in [-0.2, 0) is 16.1 Å². The molecule has 0 fully saturated rings. The first-order chi connectivity index (χ1) is 14.0. The van der Waals surface area contributed by atoms with Gasteiger partial charge in [0.15, 0.2) is 5.13 Å². The summed E-state index contributed by atoms with van der Waals surface area (Å²) in [4.78, 5) is 29.4. The second kappa shape index (κ2) is 9.84. The molecular weight excluding hydrogens is 386 g/mol. The third-order valence-electron chi connectivity index (χ3n) is 4.18. The molecule has 0 saturated heterocycles. The zero-order valence-corrected chi connectivity index (χ0v) is 17.1. The third kappa shape index (κ3) is 5.89. The van der Waals surface area contributed by atoms with Crippen molar-refractivity contribution in [2.45, 2.75) is 26.5 Å². The van der Waals surface area contributed by atoms with Crippen LogP contribution in [0, 0.1) is 5.92 Å². The number of para-hydroxylation sites is 1. The Bertz CT molecular complexity index is 942. The van der Waals surface area contributed by atoms with Crippen LogP contribution in [0.2, 0.25) is 0 Å². The molecule has 1 amide bonds. The number of hydrogen-bond acceptors (Lipinski definition) is 6. The smallest absolute Gasteiger partial charge is 0.329 e. The number of esters is 1. The molecule has 2 aromatic carbocycles. The first-order valence-corrected chi connectivity index (χ1v) is 10.2. The highest BCUT2D eigenvalue weighted by Crippen LogP contribution is 2.21. The van der Waals surface area contributed by atoms with E-state index in [0.29, 0.717) is 11.3 Å². The van der Waals surface area contributed by atoms with Gasteiger partial charge in [0.1, 0.15) is 12.6 Å². The standard InChI is InChI=1S/C22H23N3O3S/c1-15(2)19(25-20(26)16-9-5-3-6-10-16)21(27)28-13-18-14-29-22(24-18)23-17-11-7-4-8-12-17/h3-12,14-15,19H,13H2,1-2H3,(H,23,24)(H,25,26)/t19-/m0/s1. The van der Waals surface area contributed by atoms with Gasteiger partial charge in [-0.2, -0.15) is 0 Å². The number of carbonyl (C=O) groups is 2. The quantitative estimate of drug-likeness (QED) is 0.540. The van der Waals surface area contributed by atoms with Gasteiger partial charge in [-0.05, 0) is 30.2 Å². The summed E-state index contributed by atoms with van der Waals surface area (Å²) in [7, 11) is 0. The Labute approximate surface area is 173 Å². The van der Waals surface area contributed by atoms with Gasteiger partial charge in [0.25, 0.3) is 5.91 Å². The summed E-state index contributed by atoms with van der Waals surface area (Å²) in [6, 6.07) is 17.8. The summed E-state index contributed by atoms with van der Waals surface area (Å²) in [5.41, 5.74) is 2.09. The largest absolute Gasteiger partial charge is 0.458 e. The number of amides is 1. The van der Waals surface area contributed by atoms with Crippen molar-refractivity contribution in [2.24, 2.45) is 5.92 Å². The van der Waals surface area contributed by atoms with E-state index in [0.717, 1.165) is 10.8 Å². The predicted molar refractivity (Wildman–Crippen MR) is 114 cm³/mol. The number of rotatable bonds is 8. The Hall–Kier alpha value is -3.19. The molecule has 0 aliphatic carbocycles. The van der Waals surface area contributed by atoms with Gasteiger partial charge in [0.2, 0.25) is 0 Å². The maximum atomic E-state index is 12.5. The molecule has 0 spiro atoms. The highest BCUT2D eigenvalue weighted by molar-refractivity contribution is 7.13. The fourth-order valence-electron chi connectivity index (χ4n) is 2.62. The van der Waals surface area contributed by atoms with E-state index in [9.17, 15) is 9.59 Å². The minimum Gasteiger partial charge on any atom is -0.458 e. The molecule has 29 heavy (non-hydrogen) atoms. The summed E-state index contributed by atoms with van der Waals surface area (Å²) in [5, 5.41) is 8.53. The van der Waals surface area contributed by atoms with Crippen molar-refractivity contribution in [3.05, 3.63) is 77.3 Å². The van der Waals surface area contributed by atoms with Crippen molar-refractivity contribution in [1.29, 1.82) is 0 Å². The van der Waals surface area contributed by atoms with Crippen molar-refractivity contribution in [3.8, 4) is 0 Å². The number of anilines is 2. The van der Waals surface area contributed by atoms with E-state index >= 15 is 0 Å². The number of thiazole rings is 1. The van der Waals surface area contributed by atoms with Crippen LogP contribution in [0.15, 0.2) is 66.0 Å². The SMILES string of the molecule is CC(C)[C@H](NC(=O)c1ccccc1)C(=O)OCc1csc(Nc2ccccc2)n1. The van der Waals surface area contributed by atoms with E-state index in [1.54, 1.807) is 24.3 Å². The second-order valence-electron chi connectivity index (χ2n) is 6.80. The fraction of sp³-hybridized carbons (Fsp3) is 0.227. The number of carbonyl (C=O) groups excluding carboxylic acids is 2. The normalized spacial score (nSPS) is 11.7. The molecule has 0 radical (unpaired) electrons. The molecule has 0 aliphatic rings. The molecule has 3 aromatic rings. The van der Waals surface area contributed by atoms with Crippen LogP contribution in [0.5, 0.6) is 0 Å². The average molecular weight is 410 g/mol. The van der Waals surface area contributed by atoms with Gasteiger partial charge in [-0.1, -0.05) is 50.2 Å². The summed E-state index contributed by atoms with van der Waals surface area (Å²) in [5.74, 6) is -0.889. The Morgan fingerprint density at radius 3 is 2.34 bits per heavy atom. The van der Waals surface area contributed by atoms with Crippen molar-refractivity contribution in [2.75, 3.05) is 5.32 Å². The van der Waals surface area contributed by atoms with Gasteiger partial charge in [-0.25, -0.2) is 9.78 Å². The van der Waals surface area contributed by atoms with E-state index in [4.69, 9.17) is 4.74 Å². The molecule has 0 aliphatic heterocycles. The number of benzene rings is 2. The number of ether oxygens (including phenoxy) is 1. The lowest BCUT2D eigenvalue weighted by Gasteiger charge is -2.20. The zero-order chi connectivity index (χ0) is 20.6. The van der Waals surface area contributed by atoms with Crippen molar-refractivity contribution in [3.63, 3.8) is 0 Å². The molecule has 0 saturated carbocycles. The molecule has 1 atom stereocenters. The Morgan fingerprint density at radius 1 is 1.03 bits per heavy atom. The van der Waals surface area contributed by atoms with E-state index in [-0.39, 0.29) is 18.4 Å². The maximum absolute atomic E-state index is 12.5. The molecule has 0 bridgehead atoms. The predicted octanol–water partition coefficient (Wildman–Crippen LogP) is 4.38. The topological polar surface area (TPSA) is 80.3 Å². The lowest BCUT2D eigenvalue weighted by molar-refractivity contribution is -0.148. The average Bonchev–Trinajstić information content (AvgIpc) is 3.18. The van der Waals surface area contributed by atoms with E-state index < -0.39 is 12.0 Å². The lowest BCUT2D eigenvalue weighted by Crippen LogP contribution is -2.45. The summed E-state index contributed by atoms with van der Waals surface area (Å²) < 4.78 is 5.41. The summed E-state index contributed by atoms with van der Waals surface area (Å²) in [6.07, 6.45) is 0. The van der Waals surface area contributed by atoms with Crippen LogP contribution in [0.3, 0.4) is 0 Å². The Morgan fingerprint density at radius 2 is 1.69 bits per heavy atom. The van der Waals surface area contributed by atoms with Gasteiger partial charge in [-0.3, -0.25) is 4.79 Å². The fourth-order valence-corrected chi connectivity index (χ4v) is 3.34. The zero-order valence-electron chi connectivity index (χ0n) is 16.3. The van der Waals surface area contributed by atoms with Gasteiger partial charge in [0.05, 0.1) is 5.69 Å². The number of nitrogens with zero attached hydrogens (tertiary/aromatic N) is 1. The molecule has 1 heterocycles. The number of hydrogen-bond donors (Lipinski definition) is 2. The minimum absolute atomic E-state index is 0.0518. The summed E-state index contributed by atoms with van der Waals surface area (Å²) >= 11 is 1.44. The van der Waals surface area contributed by atoms with Crippen LogP contribution >= 0.6 is 11.3 Å². The van der Waals surface area contributed by atoms with Crippen LogP contribution < -0.4 is 10.6 Å². The number of aromatic nitrogens is 1. The monoisotopic (exact) mass is 409 g/mol. The Balaban J connectivity index is 1.56. The number of nitrogens with one attached hydrogen (secondary N) is 2. The van der Waals surface area contributed by atoms with E-state index in [2.05, 4.69) is 15.6 Å². The van der Waals surface area contributed by atoms with Crippen LogP contribution in [0.4, 0.5) is 10.8 Å². The van der Waals surface area contributed by atoms with Crippen molar-refractivity contribution < 1.29 is 14.3 Å². The lowest BCUT2D eigenvalue weighted by atomic mass is 10.0. The molecule has 6 nitrogen and oxygen atoms in total. The third-order valence-corrected chi connectivity index (χ3v) is 4.99. The first-order valence-electron chi connectivity index (χ1n) is 9.32. The van der Waals surface area contributed by atoms with Gasteiger partial charge >= 0.3 is 5.97 Å². The molecule has 7 heteroatoms. The maximum Gasteiger partial charge on any atom is 0.329 e. The van der Waals surface area contributed by atoms with Crippen LogP contribution in [0.25, 0.3) is 0 Å². The molecule has 150 valence electrons. The molecule has 1 aromatic heterocycles. The van der Waals surface area contributed by atoms with Crippen LogP contribution in [-0.4, -0.2) is 22.9 Å². The minimum atomic E-state index is -0.733. The Kier molecular flexibility index (Phi) is 6.97. The molecular formula is C22H23N3O3S. The highest BCUT2D eigenvalue weighted by Gasteiger charge is 2.26. The van der Waals surface area contributed by atoms with Gasteiger partial charge in [0, 0.05) is 16.6 Å². The van der Waals surface area contributed by atoms with Crippen molar-refractivity contribution >= 4 is 34.0 Å².